The van der Waals surface area contributed by atoms with Crippen LogP contribution in [0.3, 0.4) is 0 Å². The predicted octanol–water partition coefficient (Wildman–Crippen LogP) is 4.56. The average molecular weight is 476 g/mol. The van der Waals surface area contributed by atoms with Crippen LogP contribution in [0.1, 0.15) is 25.0 Å². The molecule has 0 bridgehead atoms. The fraction of sp³-hybridized carbons (Fsp3) is 0.286. The van der Waals surface area contributed by atoms with Crippen LogP contribution in [0.15, 0.2) is 39.7 Å². The number of benzene rings is 1. The topological polar surface area (TPSA) is 114 Å². The van der Waals surface area contributed by atoms with Crippen LogP contribution in [0.4, 0.5) is 10.5 Å². The van der Waals surface area contributed by atoms with Gasteiger partial charge in [-0.25, -0.2) is 0 Å². The molecule has 0 N–H and O–H groups in total. The van der Waals surface area contributed by atoms with E-state index in [-0.39, 0.29) is 45.2 Å². The Balaban J connectivity index is 1.51. The van der Waals surface area contributed by atoms with Crippen LogP contribution < -0.4 is 0 Å². The Morgan fingerprint density at radius 3 is 2.66 bits per heavy atom. The molecule has 9 nitrogen and oxygen atoms in total. The lowest BCUT2D eigenvalue weighted by atomic mass is 10.1. The molecule has 3 amide bonds. The molecule has 3 heterocycles. The fourth-order valence-electron chi connectivity index (χ4n) is 3.58. The van der Waals surface area contributed by atoms with E-state index < -0.39 is 16.1 Å². The summed E-state index contributed by atoms with van der Waals surface area (Å²) in [6.45, 7) is 0.982. The van der Waals surface area contributed by atoms with Crippen LogP contribution in [0.2, 0.25) is 5.02 Å². The van der Waals surface area contributed by atoms with Crippen LogP contribution >= 0.6 is 23.4 Å². The molecule has 166 valence electrons. The van der Waals surface area contributed by atoms with Crippen molar-refractivity contribution in [2.75, 3.05) is 19.6 Å². The summed E-state index contributed by atoms with van der Waals surface area (Å²) in [4.78, 5) is 51.0. The van der Waals surface area contributed by atoms with Gasteiger partial charge in [-0.1, -0.05) is 11.6 Å². The molecule has 1 aromatic heterocycles. The number of furan rings is 1. The monoisotopic (exact) mass is 475 g/mol. The van der Waals surface area contributed by atoms with E-state index in [2.05, 4.69) is 0 Å². The van der Waals surface area contributed by atoms with E-state index in [1.807, 2.05) is 0 Å². The number of carbonyl (C=O) groups is 3. The molecule has 0 atom stereocenters. The number of nitrogens with zero attached hydrogens (tertiary/aromatic N) is 3. The zero-order valence-corrected chi connectivity index (χ0v) is 18.4. The maximum Gasteiger partial charge on any atom is 0.294 e. The molecule has 32 heavy (non-hydrogen) atoms. The van der Waals surface area contributed by atoms with Gasteiger partial charge in [0.15, 0.2) is 0 Å². The number of imide groups is 1. The van der Waals surface area contributed by atoms with Gasteiger partial charge in [-0.15, -0.1) is 0 Å². The number of carbonyl (C=O) groups excluding carboxylic acids is 3. The quantitative estimate of drug-likeness (QED) is 0.354. The van der Waals surface area contributed by atoms with E-state index in [0.29, 0.717) is 13.1 Å². The summed E-state index contributed by atoms with van der Waals surface area (Å²) in [5.41, 5.74) is 0.0224. The van der Waals surface area contributed by atoms with Gasteiger partial charge >= 0.3 is 0 Å². The normalized spacial score (nSPS) is 18.0. The molecule has 0 radical (unpaired) electrons. The molecule has 11 heteroatoms. The van der Waals surface area contributed by atoms with Gasteiger partial charge in [-0.2, -0.15) is 0 Å². The lowest BCUT2D eigenvalue weighted by Crippen LogP contribution is -2.44. The third-order valence-corrected chi connectivity index (χ3v) is 6.34. The number of piperidine rings is 1. The third-order valence-electron chi connectivity index (χ3n) is 5.20. The second-order valence-electron chi connectivity index (χ2n) is 7.33. The molecule has 0 saturated carbocycles. The van der Waals surface area contributed by atoms with Crippen molar-refractivity contribution in [3.63, 3.8) is 0 Å². The molecule has 2 saturated heterocycles. The second kappa shape index (κ2) is 9.17. The molecule has 0 spiro atoms. The first kappa shape index (κ1) is 22.1. The summed E-state index contributed by atoms with van der Waals surface area (Å²) in [5.74, 6) is -0.347. The van der Waals surface area contributed by atoms with E-state index in [4.69, 9.17) is 16.0 Å². The highest BCUT2D eigenvalue weighted by Gasteiger charge is 2.37. The largest absolute Gasteiger partial charge is 0.456 e. The number of thioether (sulfide) groups is 1. The summed E-state index contributed by atoms with van der Waals surface area (Å²) in [6, 6.07) is 7.29. The number of rotatable bonds is 5. The first-order valence-electron chi connectivity index (χ1n) is 9.91. The van der Waals surface area contributed by atoms with Crippen molar-refractivity contribution in [2.45, 2.75) is 19.3 Å². The molecule has 2 aliphatic rings. The third kappa shape index (κ3) is 4.56. The Labute approximate surface area is 192 Å². The summed E-state index contributed by atoms with van der Waals surface area (Å²) in [7, 11) is 0. The number of nitro benzene ring substituents is 1. The minimum Gasteiger partial charge on any atom is -0.456 e. The Kier molecular flexibility index (Phi) is 6.33. The van der Waals surface area contributed by atoms with Crippen LogP contribution in [0, 0.1) is 10.1 Å². The van der Waals surface area contributed by atoms with Crippen LogP contribution in [0.25, 0.3) is 17.4 Å². The molecule has 0 aliphatic carbocycles. The number of halogens is 1. The van der Waals surface area contributed by atoms with Crippen LogP contribution in [-0.4, -0.2) is 51.4 Å². The van der Waals surface area contributed by atoms with Gasteiger partial charge in [0.05, 0.1) is 15.4 Å². The molecule has 0 unspecified atom stereocenters. The minimum atomic E-state index is -0.569. The second-order valence-corrected chi connectivity index (χ2v) is 8.76. The summed E-state index contributed by atoms with van der Waals surface area (Å²) >= 11 is 6.57. The van der Waals surface area contributed by atoms with Crippen molar-refractivity contribution in [1.29, 1.82) is 0 Å². The highest BCUT2D eigenvalue weighted by Crippen LogP contribution is 2.36. The Bertz CT molecular complexity index is 1140. The van der Waals surface area contributed by atoms with E-state index in [1.165, 1.54) is 30.3 Å². The van der Waals surface area contributed by atoms with Crippen molar-refractivity contribution in [3.8, 4) is 11.3 Å². The highest BCUT2D eigenvalue weighted by atomic mass is 35.5. The smallest absolute Gasteiger partial charge is 0.294 e. The van der Waals surface area contributed by atoms with Gasteiger partial charge in [-0.05, 0) is 55.3 Å². The molecule has 4 rings (SSSR count). The van der Waals surface area contributed by atoms with Crippen molar-refractivity contribution < 1.29 is 23.7 Å². The molecule has 2 aliphatic heterocycles. The van der Waals surface area contributed by atoms with Crippen molar-refractivity contribution in [2.24, 2.45) is 0 Å². The molecule has 1 aromatic carbocycles. The number of amides is 3. The standard InChI is InChI=1S/C21H18ClN3O6S/c22-13-4-6-15(16(10-13)25(29)30)17-7-5-14(31-17)11-18-20(27)24(21(28)32-18)12-19(26)23-8-2-1-3-9-23/h4-7,10-11H,1-3,8-9,12H2/b18-11-. The fourth-order valence-corrected chi connectivity index (χ4v) is 4.57. The number of likely N-dealkylation sites (tertiary alicyclic amines) is 1. The van der Waals surface area contributed by atoms with E-state index in [9.17, 15) is 24.5 Å². The average Bonchev–Trinajstić information content (AvgIpc) is 3.34. The van der Waals surface area contributed by atoms with Gasteiger partial charge in [-0.3, -0.25) is 29.4 Å². The van der Waals surface area contributed by atoms with Crippen LogP contribution in [-0.2, 0) is 9.59 Å². The van der Waals surface area contributed by atoms with Gasteiger partial charge in [0.25, 0.3) is 16.8 Å². The minimum absolute atomic E-state index is 0.118. The number of nitro groups is 1. The predicted molar refractivity (Wildman–Crippen MR) is 119 cm³/mol. The van der Waals surface area contributed by atoms with Gasteiger partial charge < -0.3 is 9.32 Å². The van der Waals surface area contributed by atoms with E-state index in [0.717, 1.165) is 35.9 Å². The summed E-state index contributed by atoms with van der Waals surface area (Å²) < 4.78 is 5.66. The summed E-state index contributed by atoms with van der Waals surface area (Å²) in [5, 5.41) is 11.0. The van der Waals surface area contributed by atoms with Gasteiger partial charge in [0.1, 0.15) is 18.1 Å². The molecular weight excluding hydrogens is 458 g/mol. The molecular formula is C21H18ClN3O6S. The Morgan fingerprint density at radius 2 is 1.94 bits per heavy atom. The van der Waals surface area contributed by atoms with Crippen molar-refractivity contribution in [1.82, 2.24) is 9.80 Å². The molecule has 2 fully saturated rings. The zero-order valence-electron chi connectivity index (χ0n) is 16.8. The molecule has 2 aromatic rings. The Hall–Kier alpha value is -3.11. The lowest BCUT2D eigenvalue weighted by Gasteiger charge is -2.27. The lowest BCUT2D eigenvalue weighted by molar-refractivity contribution is -0.384. The first-order valence-corrected chi connectivity index (χ1v) is 11.1. The maximum atomic E-state index is 12.7. The Morgan fingerprint density at radius 1 is 1.19 bits per heavy atom. The SMILES string of the molecule is O=C(CN1C(=O)S/C(=C\c2ccc(-c3ccc(Cl)cc3[N+](=O)[O-])o2)C1=O)N1CCCCC1. The van der Waals surface area contributed by atoms with Crippen LogP contribution in [0.5, 0.6) is 0 Å². The van der Waals surface area contributed by atoms with Crippen molar-refractivity contribution >= 4 is 52.2 Å². The van der Waals surface area contributed by atoms with E-state index >= 15 is 0 Å². The highest BCUT2D eigenvalue weighted by molar-refractivity contribution is 8.18. The maximum absolute atomic E-state index is 12.7. The first-order chi connectivity index (χ1) is 15.3. The zero-order chi connectivity index (χ0) is 22.8. The van der Waals surface area contributed by atoms with Crippen molar-refractivity contribution in [3.05, 3.63) is 56.1 Å². The number of hydrogen-bond acceptors (Lipinski definition) is 7. The van der Waals surface area contributed by atoms with Gasteiger partial charge in [0, 0.05) is 30.3 Å². The number of hydrogen-bond donors (Lipinski definition) is 0. The summed E-state index contributed by atoms with van der Waals surface area (Å²) in [6.07, 6.45) is 4.29. The van der Waals surface area contributed by atoms with Gasteiger partial charge in [0.2, 0.25) is 5.91 Å². The van der Waals surface area contributed by atoms with E-state index in [1.54, 1.807) is 11.0 Å².